The predicted molar refractivity (Wildman–Crippen MR) is 87.5 cm³/mol. The lowest BCUT2D eigenvalue weighted by atomic mass is 9.81. The smallest absolute Gasteiger partial charge is 0.160 e. The summed E-state index contributed by atoms with van der Waals surface area (Å²) >= 11 is 0. The molecule has 1 heterocycles. The van der Waals surface area contributed by atoms with Crippen LogP contribution in [-0.4, -0.2) is 12.8 Å². The monoisotopic (exact) mass is 283 g/mol. The number of benzene rings is 1. The van der Waals surface area contributed by atoms with Crippen molar-refractivity contribution in [1.29, 1.82) is 0 Å². The second-order valence-electron chi connectivity index (χ2n) is 6.97. The number of ketones is 1. The van der Waals surface area contributed by atoms with Crippen LogP contribution in [0.2, 0.25) is 0 Å². The molecule has 0 amide bonds. The Morgan fingerprint density at radius 2 is 1.86 bits per heavy atom. The highest BCUT2D eigenvalue weighted by Crippen LogP contribution is 2.46. The molecule has 0 atom stereocenters. The summed E-state index contributed by atoms with van der Waals surface area (Å²) in [6.45, 7) is 4.44. The van der Waals surface area contributed by atoms with Gasteiger partial charge in [-0.3, -0.25) is 4.79 Å². The molecule has 1 aromatic carbocycles. The molecule has 1 fully saturated rings. The number of likely N-dealkylation sites (N-methyl/N-ethyl adjacent to an activating group) is 1. The molecule has 0 aromatic heterocycles. The van der Waals surface area contributed by atoms with E-state index in [2.05, 4.69) is 50.1 Å². The number of carbonyl (C=O) groups is 1. The summed E-state index contributed by atoms with van der Waals surface area (Å²) in [5.74, 6) is 0.580. The molecule has 0 saturated heterocycles. The molecule has 2 aliphatic rings. The lowest BCUT2D eigenvalue weighted by molar-refractivity contribution is -0.119. The van der Waals surface area contributed by atoms with E-state index in [0.29, 0.717) is 5.78 Å². The number of rotatable bonds is 2. The summed E-state index contributed by atoms with van der Waals surface area (Å²) in [5.41, 5.74) is 3.59. The van der Waals surface area contributed by atoms with Gasteiger partial charge >= 0.3 is 0 Å². The minimum atomic E-state index is -0.0876. The predicted octanol–water partition coefficient (Wildman–Crippen LogP) is 4.45. The SMILES string of the molecule is CN1C(=CC(=O)C2CCCCC2)C(C)(C)c2ccccc21. The third-order valence-corrected chi connectivity index (χ3v) is 5.23. The second kappa shape index (κ2) is 5.32. The largest absolute Gasteiger partial charge is 0.347 e. The van der Waals surface area contributed by atoms with Crippen LogP contribution in [0, 0.1) is 5.92 Å². The first-order chi connectivity index (χ1) is 10.0. The average molecular weight is 283 g/mol. The molecule has 3 rings (SSSR count). The number of nitrogens with zero attached hydrogens (tertiary/aromatic N) is 1. The minimum absolute atomic E-state index is 0.0876. The van der Waals surface area contributed by atoms with Gasteiger partial charge in [0.1, 0.15) is 0 Å². The summed E-state index contributed by atoms with van der Waals surface area (Å²) in [6.07, 6.45) is 7.77. The van der Waals surface area contributed by atoms with Crippen LogP contribution in [0.5, 0.6) is 0 Å². The normalized spacial score (nSPS) is 23.4. The first-order valence-corrected chi connectivity index (χ1v) is 8.11. The zero-order valence-corrected chi connectivity index (χ0v) is 13.4. The number of hydrogen-bond acceptors (Lipinski definition) is 2. The molecule has 0 spiro atoms. The van der Waals surface area contributed by atoms with E-state index in [1.807, 2.05) is 6.08 Å². The van der Waals surface area contributed by atoms with Crippen LogP contribution in [0.1, 0.15) is 51.5 Å². The lowest BCUT2D eigenvalue weighted by Crippen LogP contribution is -2.26. The highest BCUT2D eigenvalue weighted by molar-refractivity contribution is 5.94. The molecule has 112 valence electrons. The van der Waals surface area contributed by atoms with E-state index < -0.39 is 0 Å². The number of carbonyl (C=O) groups excluding carboxylic acids is 1. The highest BCUT2D eigenvalue weighted by Gasteiger charge is 2.38. The molecule has 0 radical (unpaired) electrons. The fourth-order valence-electron chi connectivity index (χ4n) is 3.90. The molecular weight excluding hydrogens is 258 g/mol. The van der Waals surface area contributed by atoms with Crippen molar-refractivity contribution in [2.24, 2.45) is 5.92 Å². The summed E-state index contributed by atoms with van der Waals surface area (Å²) in [7, 11) is 2.08. The van der Waals surface area contributed by atoms with Gasteiger partial charge in [-0.15, -0.1) is 0 Å². The summed E-state index contributed by atoms with van der Waals surface area (Å²) in [4.78, 5) is 14.8. The first kappa shape index (κ1) is 14.4. The van der Waals surface area contributed by atoms with Crippen molar-refractivity contribution >= 4 is 11.5 Å². The van der Waals surface area contributed by atoms with Gasteiger partial charge in [0.2, 0.25) is 0 Å². The van der Waals surface area contributed by atoms with Gasteiger partial charge in [0.05, 0.1) is 0 Å². The molecule has 2 heteroatoms. The van der Waals surface area contributed by atoms with E-state index in [1.54, 1.807) is 0 Å². The topological polar surface area (TPSA) is 20.3 Å². The quantitative estimate of drug-likeness (QED) is 0.747. The van der Waals surface area contributed by atoms with E-state index in [-0.39, 0.29) is 11.3 Å². The number of para-hydroxylation sites is 1. The minimum Gasteiger partial charge on any atom is -0.347 e. The molecule has 0 bridgehead atoms. The van der Waals surface area contributed by atoms with Gasteiger partial charge in [-0.2, -0.15) is 0 Å². The summed E-state index contributed by atoms with van der Waals surface area (Å²) in [5, 5.41) is 0. The zero-order valence-electron chi connectivity index (χ0n) is 13.4. The van der Waals surface area contributed by atoms with Gasteiger partial charge in [0, 0.05) is 35.8 Å². The number of hydrogen-bond donors (Lipinski definition) is 0. The van der Waals surface area contributed by atoms with E-state index in [4.69, 9.17) is 0 Å². The van der Waals surface area contributed by atoms with E-state index in [0.717, 1.165) is 18.5 Å². The van der Waals surface area contributed by atoms with Crippen LogP contribution in [0.3, 0.4) is 0 Å². The zero-order chi connectivity index (χ0) is 15.0. The molecule has 0 unspecified atom stereocenters. The number of allylic oxidation sites excluding steroid dienone is 2. The van der Waals surface area contributed by atoms with Crippen molar-refractivity contribution in [2.75, 3.05) is 11.9 Å². The molecule has 2 nitrogen and oxygen atoms in total. The molecule has 0 N–H and O–H groups in total. The third kappa shape index (κ3) is 2.41. The maximum Gasteiger partial charge on any atom is 0.160 e. The first-order valence-electron chi connectivity index (χ1n) is 8.11. The average Bonchev–Trinajstić information content (AvgIpc) is 2.70. The Balaban J connectivity index is 1.92. The van der Waals surface area contributed by atoms with Crippen molar-refractivity contribution in [3.05, 3.63) is 41.6 Å². The Morgan fingerprint density at radius 3 is 2.52 bits per heavy atom. The third-order valence-electron chi connectivity index (χ3n) is 5.23. The van der Waals surface area contributed by atoms with Crippen molar-refractivity contribution in [2.45, 2.75) is 51.4 Å². The van der Waals surface area contributed by atoms with Crippen molar-refractivity contribution in [3.8, 4) is 0 Å². The Labute approximate surface area is 127 Å². The Hall–Kier alpha value is -1.57. The summed E-state index contributed by atoms with van der Waals surface area (Å²) < 4.78 is 0. The Bertz CT molecular complexity index is 579. The van der Waals surface area contributed by atoms with E-state index in [9.17, 15) is 4.79 Å². The Kier molecular flexibility index (Phi) is 3.64. The number of fused-ring (bicyclic) bond motifs is 1. The van der Waals surface area contributed by atoms with Crippen LogP contribution < -0.4 is 4.90 Å². The van der Waals surface area contributed by atoms with Crippen LogP contribution in [0.15, 0.2) is 36.0 Å². The molecule has 21 heavy (non-hydrogen) atoms. The second-order valence-corrected chi connectivity index (χ2v) is 6.97. The van der Waals surface area contributed by atoms with E-state index >= 15 is 0 Å². The Morgan fingerprint density at radius 1 is 1.19 bits per heavy atom. The van der Waals surface area contributed by atoms with Crippen LogP contribution in [0.25, 0.3) is 0 Å². The molecule has 1 aromatic rings. The van der Waals surface area contributed by atoms with Crippen molar-refractivity contribution < 1.29 is 4.79 Å². The van der Waals surface area contributed by atoms with Crippen molar-refractivity contribution in [3.63, 3.8) is 0 Å². The molecule has 1 aliphatic carbocycles. The van der Waals surface area contributed by atoms with Crippen LogP contribution in [-0.2, 0) is 10.2 Å². The van der Waals surface area contributed by atoms with Crippen molar-refractivity contribution in [1.82, 2.24) is 0 Å². The van der Waals surface area contributed by atoms with Gasteiger partial charge in [-0.05, 0) is 24.5 Å². The standard InChI is InChI=1S/C19H25NO/c1-19(2)15-11-7-8-12-16(15)20(3)18(19)13-17(21)14-9-5-4-6-10-14/h7-8,11-14H,4-6,9-10H2,1-3H3. The van der Waals surface area contributed by atoms with Gasteiger partial charge in [0.25, 0.3) is 0 Å². The molecule has 1 saturated carbocycles. The summed E-state index contributed by atoms with van der Waals surface area (Å²) in [6, 6.07) is 8.47. The van der Waals surface area contributed by atoms with Gasteiger partial charge < -0.3 is 4.90 Å². The van der Waals surface area contributed by atoms with E-state index in [1.165, 1.54) is 30.5 Å². The maximum absolute atomic E-state index is 12.6. The van der Waals surface area contributed by atoms with Gasteiger partial charge in [-0.1, -0.05) is 51.3 Å². The van der Waals surface area contributed by atoms with Crippen LogP contribution >= 0.6 is 0 Å². The lowest BCUT2D eigenvalue weighted by Gasteiger charge is -2.25. The van der Waals surface area contributed by atoms with Gasteiger partial charge in [0.15, 0.2) is 5.78 Å². The molecular formula is C19H25NO. The highest BCUT2D eigenvalue weighted by atomic mass is 16.1. The van der Waals surface area contributed by atoms with Crippen LogP contribution in [0.4, 0.5) is 5.69 Å². The fraction of sp³-hybridized carbons (Fsp3) is 0.526. The maximum atomic E-state index is 12.6. The molecule has 1 aliphatic heterocycles. The number of anilines is 1. The fourth-order valence-corrected chi connectivity index (χ4v) is 3.90. The van der Waals surface area contributed by atoms with Gasteiger partial charge in [-0.25, -0.2) is 0 Å².